The van der Waals surface area contributed by atoms with E-state index in [1.165, 1.54) is 4.90 Å². The van der Waals surface area contributed by atoms with Gasteiger partial charge in [0, 0.05) is 5.39 Å². The second-order valence-electron chi connectivity index (χ2n) is 7.35. The van der Waals surface area contributed by atoms with Gasteiger partial charge >= 0.3 is 5.97 Å². The van der Waals surface area contributed by atoms with E-state index in [2.05, 4.69) is 0 Å². The van der Waals surface area contributed by atoms with Gasteiger partial charge in [-0.15, -0.1) is 0 Å². The summed E-state index contributed by atoms with van der Waals surface area (Å²) >= 11 is 0. The minimum atomic E-state index is -0.449. The van der Waals surface area contributed by atoms with Crippen LogP contribution in [0.15, 0.2) is 42.5 Å². The first-order valence-corrected chi connectivity index (χ1v) is 9.85. The Balaban J connectivity index is 1.51. The highest BCUT2D eigenvalue weighted by atomic mass is 16.5. The number of carbonyl (C=O) groups excluding carboxylic acids is 3. The maximum absolute atomic E-state index is 13.1. The van der Waals surface area contributed by atoms with Gasteiger partial charge in [0.25, 0.3) is 5.91 Å². The van der Waals surface area contributed by atoms with Gasteiger partial charge in [-0.2, -0.15) is 0 Å². The van der Waals surface area contributed by atoms with Crippen LogP contribution in [-0.4, -0.2) is 48.4 Å². The van der Waals surface area contributed by atoms with Gasteiger partial charge < -0.3 is 4.74 Å². The molecule has 28 heavy (non-hydrogen) atoms. The van der Waals surface area contributed by atoms with E-state index in [0.29, 0.717) is 38.2 Å². The Morgan fingerprint density at radius 3 is 2.54 bits per heavy atom. The number of esters is 1. The van der Waals surface area contributed by atoms with Crippen LogP contribution in [0.3, 0.4) is 0 Å². The van der Waals surface area contributed by atoms with Crippen molar-refractivity contribution in [3.05, 3.63) is 42.5 Å². The SMILES string of the molecule is CCOC(=O)C1CCN([C@@H]2CC(=O)N(c3cccc4ccccc34)C2=O)CC1. The molecule has 0 aromatic heterocycles. The van der Waals surface area contributed by atoms with E-state index in [9.17, 15) is 14.4 Å². The molecule has 0 saturated carbocycles. The lowest BCUT2D eigenvalue weighted by Crippen LogP contribution is -2.47. The molecule has 0 unspecified atom stereocenters. The molecule has 2 aromatic rings. The second-order valence-corrected chi connectivity index (χ2v) is 7.35. The van der Waals surface area contributed by atoms with E-state index in [-0.39, 0.29) is 30.1 Å². The lowest BCUT2D eigenvalue weighted by Gasteiger charge is -2.33. The molecular weight excluding hydrogens is 356 g/mol. The van der Waals surface area contributed by atoms with Crippen molar-refractivity contribution in [3.63, 3.8) is 0 Å². The second kappa shape index (κ2) is 7.72. The fourth-order valence-electron chi connectivity index (χ4n) is 4.26. The average Bonchev–Trinajstić information content (AvgIpc) is 3.02. The van der Waals surface area contributed by atoms with E-state index < -0.39 is 6.04 Å². The molecule has 4 rings (SSSR count). The normalized spacial score (nSPS) is 21.5. The zero-order chi connectivity index (χ0) is 19.7. The molecule has 0 bridgehead atoms. The Hall–Kier alpha value is -2.73. The van der Waals surface area contributed by atoms with Gasteiger partial charge in [0.05, 0.1) is 30.7 Å². The molecular formula is C22H24N2O4. The number of anilines is 1. The van der Waals surface area contributed by atoms with Crippen LogP contribution < -0.4 is 4.90 Å². The molecule has 2 heterocycles. The van der Waals surface area contributed by atoms with Gasteiger partial charge in [-0.1, -0.05) is 36.4 Å². The standard InChI is InChI=1S/C22H24N2O4/c1-2-28-22(27)16-10-12-23(13-11-16)19-14-20(25)24(21(19)26)18-9-5-7-15-6-3-4-8-17(15)18/h3-9,16,19H,2,10-14H2,1H3/t19-/m1/s1. The van der Waals surface area contributed by atoms with Crippen LogP contribution in [0.25, 0.3) is 10.8 Å². The Morgan fingerprint density at radius 1 is 1.07 bits per heavy atom. The third-order valence-electron chi connectivity index (χ3n) is 5.72. The van der Waals surface area contributed by atoms with Gasteiger partial charge in [0.15, 0.2) is 0 Å². The maximum atomic E-state index is 13.1. The molecule has 2 amide bonds. The molecule has 0 spiro atoms. The molecule has 0 aliphatic carbocycles. The van der Waals surface area contributed by atoms with Gasteiger partial charge in [-0.25, -0.2) is 4.90 Å². The van der Waals surface area contributed by atoms with E-state index in [1.807, 2.05) is 47.4 Å². The van der Waals surface area contributed by atoms with E-state index in [1.54, 1.807) is 6.92 Å². The summed E-state index contributed by atoms with van der Waals surface area (Å²) in [4.78, 5) is 41.2. The van der Waals surface area contributed by atoms with Crippen LogP contribution in [0.4, 0.5) is 5.69 Å². The zero-order valence-corrected chi connectivity index (χ0v) is 16.0. The number of carbonyl (C=O) groups is 3. The number of imide groups is 1. The largest absolute Gasteiger partial charge is 0.466 e. The first-order valence-electron chi connectivity index (χ1n) is 9.85. The van der Waals surface area contributed by atoms with E-state index >= 15 is 0 Å². The van der Waals surface area contributed by atoms with Crippen molar-refractivity contribution >= 4 is 34.2 Å². The summed E-state index contributed by atoms with van der Waals surface area (Å²) in [7, 11) is 0. The summed E-state index contributed by atoms with van der Waals surface area (Å²) in [6, 6.07) is 13.0. The molecule has 2 aliphatic rings. The molecule has 2 aliphatic heterocycles. The lowest BCUT2D eigenvalue weighted by molar-refractivity contribution is -0.149. The first-order chi connectivity index (χ1) is 13.6. The van der Waals surface area contributed by atoms with E-state index in [0.717, 1.165) is 10.8 Å². The minimum absolute atomic E-state index is 0.113. The summed E-state index contributed by atoms with van der Waals surface area (Å²) < 4.78 is 5.11. The predicted octanol–water partition coefficient (Wildman–Crippen LogP) is 2.75. The van der Waals surface area contributed by atoms with Crippen molar-refractivity contribution in [1.82, 2.24) is 4.90 Å². The zero-order valence-electron chi connectivity index (χ0n) is 16.0. The molecule has 0 radical (unpaired) electrons. The third-order valence-corrected chi connectivity index (χ3v) is 5.72. The number of hydrogen-bond acceptors (Lipinski definition) is 5. The monoisotopic (exact) mass is 380 g/mol. The van der Waals surface area contributed by atoms with Gasteiger partial charge in [-0.05, 0) is 44.3 Å². The number of amides is 2. The van der Waals surface area contributed by atoms with Crippen LogP contribution in [0.1, 0.15) is 26.2 Å². The molecule has 146 valence electrons. The number of likely N-dealkylation sites (tertiary alicyclic amines) is 1. The van der Waals surface area contributed by atoms with Gasteiger partial charge in [0.1, 0.15) is 0 Å². The topological polar surface area (TPSA) is 66.9 Å². The summed E-state index contributed by atoms with van der Waals surface area (Å²) in [5.74, 6) is -0.610. The Bertz CT molecular complexity index is 912. The van der Waals surface area contributed by atoms with Crippen LogP contribution in [0, 0.1) is 5.92 Å². The highest BCUT2D eigenvalue weighted by Gasteiger charge is 2.44. The van der Waals surface area contributed by atoms with Crippen LogP contribution in [0.5, 0.6) is 0 Å². The highest BCUT2D eigenvalue weighted by Crippen LogP contribution is 2.33. The summed E-state index contributed by atoms with van der Waals surface area (Å²) in [5, 5.41) is 1.90. The third kappa shape index (κ3) is 3.29. The van der Waals surface area contributed by atoms with Gasteiger partial charge in [0.2, 0.25) is 5.91 Å². The quantitative estimate of drug-likeness (QED) is 0.603. The first kappa shape index (κ1) is 18.6. The fourth-order valence-corrected chi connectivity index (χ4v) is 4.26. The smallest absolute Gasteiger partial charge is 0.309 e. The van der Waals surface area contributed by atoms with Crippen molar-refractivity contribution < 1.29 is 19.1 Å². The number of piperidine rings is 1. The Kier molecular flexibility index (Phi) is 5.13. The summed E-state index contributed by atoms with van der Waals surface area (Å²) in [6.07, 6.45) is 1.50. The van der Waals surface area contributed by atoms with E-state index in [4.69, 9.17) is 4.74 Å². The number of benzene rings is 2. The predicted molar refractivity (Wildman–Crippen MR) is 106 cm³/mol. The molecule has 6 nitrogen and oxygen atoms in total. The van der Waals surface area contributed by atoms with Crippen LogP contribution >= 0.6 is 0 Å². The Morgan fingerprint density at radius 2 is 1.79 bits per heavy atom. The van der Waals surface area contributed by atoms with Crippen molar-refractivity contribution in [1.29, 1.82) is 0 Å². The number of nitrogens with zero attached hydrogens (tertiary/aromatic N) is 2. The molecule has 2 saturated heterocycles. The van der Waals surface area contributed by atoms with Crippen molar-refractivity contribution in [2.75, 3.05) is 24.6 Å². The van der Waals surface area contributed by atoms with Crippen molar-refractivity contribution in [3.8, 4) is 0 Å². The Labute approximate surface area is 164 Å². The van der Waals surface area contributed by atoms with Crippen LogP contribution in [0.2, 0.25) is 0 Å². The number of fused-ring (bicyclic) bond motifs is 1. The molecule has 6 heteroatoms. The molecule has 2 fully saturated rings. The number of ether oxygens (including phenoxy) is 1. The number of hydrogen-bond donors (Lipinski definition) is 0. The molecule has 2 aromatic carbocycles. The van der Waals surface area contributed by atoms with Gasteiger partial charge in [-0.3, -0.25) is 19.3 Å². The maximum Gasteiger partial charge on any atom is 0.309 e. The minimum Gasteiger partial charge on any atom is -0.466 e. The summed E-state index contributed by atoms with van der Waals surface area (Å²) in [5.41, 5.74) is 0.650. The van der Waals surface area contributed by atoms with Crippen molar-refractivity contribution in [2.24, 2.45) is 5.92 Å². The lowest BCUT2D eigenvalue weighted by atomic mass is 9.95. The number of rotatable bonds is 4. The van der Waals surface area contributed by atoms with Crippen LogP contribution in [-0.2, 0) is 19.1 Å². The average molecular weight is 380 g/mol. The molecule has 1 atom stereocenters. The highest BCUT2D eigenvalue weighted by molar-refractivity contribution is 6.25. The molecule has 0 N–H and O–H groups in total. The summed E-state index contributed by atoms with van der Waals surface area (Å²) in [6.45, 7) is 3.43. The van der Waals surface area contributed by atoms with Crippen molar-refractivity contribution in [2.45, 2.75) is 32.2 Å². The fraction of sp³-hybridized carbons (Fsp3) is 0.409.